The summed E-state index contributed by atoms with van der Waals surface area (Å²) in [7, 11) is 0. The van der Waals surface area contributed by atoms with Gasteiger partial charge in [0.15, 0.2) is 0 Å². The third-order valence-corrected chi connectivity index (χ3v) is 5.44. The summed E-state index contributed by atoms with van der Waals surface area (Å²) in [5.41, 5.74) is 2.82. The van der Waals surface area contributed by atoms with Crippen molar-refractivity contribution in [2.75, 3.05) is 5.32 Å². The summed E-state index contributed by atoms with van der Waals surface area (Å²) < 4.78 is 0. The smallest absolute Gasteiger partial charge is 0.319 e. The van der Waals surface area contributed by atoms with Gasteiger partial charge < -0.3 is 10.6 Å². The molecule has 1 fully saturated rings. The van der Waals surface area contributed by atoms with Crippen molar-refractivity contribution in [1.29, 1.82) is 0 Å². The normalized spacial score (nSPS) is 15.0. The summed E-state index contributed by atoms with van der Waals surface area (Å²) >= 11 is 12.1. The summed E-state index contributed by atoms with van der Waals surface area (Å²) in [5, 5.41) is 15.6. The highest BCUT2D eigenvalue weighted by Gasteiger charge is 2.15. The van der Waals surface area contributed by atoms with Gasteiger partial charge in [-0.05, 0) is 49.2 Å². The molecule has 140 valence electrons. The minimum Gasteiger partial charge on any atom is -0.335 e. The van der Waals surface area contributed by atoms with Crippen molar-refractivity contribution in [3.05, 3.63) is 46.4 Å². The van der Waals surface area contributed by atoms with Crippen LogP contribution in [0, 0.1) is 0 Å². The summed E-state index contributed by atoms with van der Waals surface area (Å²) in [6.45, 7) is 0. The number of carbonyl (C=O) groups excluding carboxylic acids is 1. The van der Waals surface area contributed by atoms with E-state index in [0.717, 1.165) is 24.2 Å². The zero-order chi connectivity index (χ0) is 18.8. The quantitative estimate of drug-likeness (QED) is 0.632. The molecular formula is C19H19Cl2N5O. The molecule has 8 heteroatoms. The lowest BCUT2D eigenvalue weighted by Crippen LogP contribution is -2.38. The average Bonchev–Trinajstić information content (AvgIpc) is 3.06. The van der Waals surface area contributed by atoms with Gasteiger partial charge in [0.25, 0.3) is 0 Å². The fraction of sp³-hybridized carbons (Fsp3) is 0.316. The molecule has 1 aliphatic carbocycles. The molecule has 0 atom stereocenters. The predicted molar refractivity (Wildman–Crippen MR) is 108 cm³/mol. The molecule has 0 bridgehead atoms. The maximum absolute atomic E-state index is 12.1. The maximum Gasteiger partial charge on any atom is 0.319 e. The van der Waals surface area contributed by atoms with Crippen LogP contribution in [0.1, 0.15) is 32.1 Å². The minimum absolute atomic E-state index is 0.165. The number of urea groups is 1. The third kappa shape index (κ3) is 4.17. The maximum atomic E-state index is 12.1. The predicted octanol–water partition coefficient (Wildman–Crippen LogP) is 5.18. The van der Waals surface area contributed by atoms with E-state index in [-0.39, 0.29) is 12.1 Å². The van der Waals surface area contributed by atoms with Crippen molar-refractivity contribution >= 4 is 46.0 Å². The van der Waals surface area contributed by atoms with Crippen LogP contribution >= 0.6 is 23.2 Å². The van der Waals surface area contributed by atoms with Gasteiger partial charge in [-0.25, -0.2) is 4.79 Å². The molecule has 2 N–H and O–H groups in total. The second-order valence-electron chi connectivity index (χ2n) is 6.72. The second kappa shape index (κ2) is 7.74. The highest BCUT2D eigenvalue weighted by atomic mass is 35.5. The number of nitrogens with one attached hydrogen (secondary N) is 2. The first-order valence-electron chi connectivity index (χ1n) is 8.98. The van der Waals surface area contributed by atoms with Gasteiger partial charge in [0.2, 0.25) is 0 Å². The molecule has 4 rings (SSSR count). The Hall–Kier alpha value is -2.31. The molecule has 3 aromatic rings. The van der Waals surface area contributed by atoms with Gasteiger partial charge in [0, 0.05) is 11.7 Å². The van der Waals surface area contributed by atoms with Gasteiger partial charge in [-0.3, -0.25) is 0 Å². The van der Waals surface area contributed by atoms with Crippen molar-refractivity contribution in [2.24, 2.45) is 0 Å². The summed E-state index contributed by atoms with van der Waals surface area (Å²) in [5.74, 6) is 0. The Morgan fingerprint density at radius 1 is 0.963 bits per heavy atom. The molecule has 0 radical (unpaired) electrons. The van der Waals surface area contributed by atoms with Crippen molar-refractivity contribution in [2.45, 2.75) is 38.1 Å². The first-order valence-corrected chi connectivity index (χ1v) is 9.74. The van der Waals surface area contributed by atoms with Crippen LogP contribution in [0.2, 0.25) is 10.0 Å². The highest BCUT2D eigenvalue weighted by molar-refractivity contribution is 6.42. The number of fused-ring (bicyclic) bond motifs is 1. The van der Waals surface area contributed by atoms with Gasteiger partial charge in [-0.1, -0.05) is 42.5 Å². The van der Waals surface area contributed by atoms with Crippen molar-refractivity contribution in [1.82, 2.24) is 20.3 Å². The Bertz CT molecular complexity index is 925. The van der Waals surface area contributed by atoms with E-state index in [1.807, 2.05) is 24.3 Å². The van der Waals surface area contributed by atoms with Crippen LogP contribution < -0.4 is 10.6 Å². The zero-order valence-corrected chi connectivity index (χ0v) is 16.1. The first kappa shape index (κ1) is 18.1. The molecule has 1 heterocycles. The number of hydrogen-bond acceptors (Lipinski definition) is 3. The molecule has 1 aliphatic rings. The van der Waals surface area contributed by atoms with Gasteiger partial charge in [0.1, 0.15) is 11.0 Å². The largest absolute Gasteiger partial charge is 0.335 e. The molecule has 1 aromatic heterocycles. The number of anilines is 1. The number of nitrogens with zero attached hydrogens (tertiary/aromatic N) is 3. The molecule has 0 saturated heterocycles. The minimum atomic E-state index is -0.165. The van der Waals surface area contributed by atoms with E-state index in [2.05, 4.69) is 20.8 Å². The lowest BCUT2D eigenvalue weighted by atomic mass is 9.96. The average molecular weight is 404 g/mol. The summed E-state index contributed by atoms with van der Waals surface area (Å²) in [6, 6.07) is 10.8. The number of hydrogen-bond donors (Lipinski definition) is 2. The van der Waals surface area contributed by atoms with Crippen LogP contribution in [0.25, 0.3) is 16.7 Å². The Morgan fingerprint density at radius 2 is 1.56 bits per heavy atom. The first-order chi connectivity index (χ1) is 13.1. The zero-order valence-electron chi connectivity index (χ0n) is 14.6. The molecule has 0 aliphatic heterocycles. The fourth-order valence-corrected chi connectivity index (χ4v) is 3.62. The number of amides is 2. The standard InChI is InChI=1S/C19H19Cl2N5O/c20-15-10-17-18(11-16(15)21)25-26(24-17)14-8-6-13(7-9-14)23-19(27)22-12-4-2-1-3-5-12/h6-12H,1-5H2,(H2,22,23,27). The molecular weight excluding hydrogens is 385 g/mol. The van der Waals surface area contributed by atoms with Crippen LogP contribution in [0.4, 0.5) is 10.5 Å². The molecule has 1 saturated carbocycles. The third-order valence-electron chi connectivity index (χ3n) is 4.72. The monoisotopic (exact) mass is 403 g/mol. The Morgan fingerprint density at radius 3 is 2.15 bits per heavy atom. The van der Waals surface area contributed by atoms with Crippen LogP contribution in [0.15, 0.2) is 36.4 Å². The Kier molecular flexibility index (Phi) is 5.18. The van der Waals surface area contributed by atoms with Crippen LogP contribution in [0.5, 0.6) is 0 Å². The van der Waals surface area contributed by atoms with E-state index in [4.69, 9.17) is 23.2 Å². The SMILES string of the molecule is O=C(Nc1ccc(-n2nc3cc(Cl)c(Cl)cc3n2)cc1)NC1CCCCC1. The van der Waals surface area contributed by atoms with Crippen molar-refractivity contribution < 1.29 is 4.79 Å². The molecule has 2 amide bonds. The van der Waals surface area contributed by atoms with E-state index >= 15 is 0 Å². The van der Waals surface area contributed by atoms with E-state index in [0.29, 0.717) is 21.1 Å². The van der Waals surface area contributed by atoms with E-state index < -0.39 is 0 Å². The van der Waals surface area contributed by atoms with E-state index in [1.165, 1.54) is 24.1 Å². The van der Waals surface area contributed by atoms with Gasteiger partial charge in [-0.15, -0.1) is 10.2 Å². The number of benzene rings is 2. The molecule has 27 heavy (non-hydrogen) atoms. The van der Waals surface area contributed by atoms with Crippen LogP contribution in [-0.2, 0) is 0 Å². The Labute approximate surface area is 166 Å². The highest BCUT2D eigenvalue weighted by Crippen LogP contribution is 2.26. The van der Waals surface area contributed by atoms with Gasteiger partial charge in [0.05, 0.1) is 15.7 Å². The number of carbonyl (C=O) groups is 1. The second-order valence-corrected chi connectivity index (χ2v) is 7.54. The lowest BCUT2D eigenvalue weighted by molar-refractivity contribution is 0.244. The van der Waals surface area contributed by atoms with Crippen LogP contribution in [-0.4, -0.2) is 27.1 Å². The van der Waals surface area contributed by atoms with Crippen molar-refractivity contribution in [3.63, 3.8) is 0 Å². The lowest BCUT2D eigenvalue weighted by Gasteiger charge is -2.22. The Balaban J connectivity index is 1.44. The van der Waals surface area contributed by atoms with Gasteiger partial charge in [-0.2, -0.15) is 4.80 Å². The van der Waals surface area contributed by atoms with E-state index in [9.17, 15) is 4.79 Å². The van der Waals surface area contributed by atoms with Gasteiger partial charge >= 0.3 is 6.03 Å². The number of rotatable bonds is 3. The summed E-state index contributed by atoms with van der Waals surface area (Å²) in [6.07, 6.45) is 5.73. The number of halogens is 2. The summed E-state index contributed by atoms with van der Waals surface area (Å²) in [4.78, 5) is 13.7. The number of aromatic nitrogens is 3. The molecule has 0 spiro atoms. The van der Waals surface area contributed by atoms with Crippen LogP contribution in [0.3, 0.4) is 0 Å². The molecule has 0 unspecified atom stereocenters. The molecule has 6 nitrogen and oxygen atoms in total. The topological polar surface area (TPSA) is 71.8 Å². The fourth-order valence-electron chi connectivity index (χ4n) is 3.31. The molecule has 2 aromatic carbocycles. The van der Waals surface area contributed by atoms with Crippen molar-refractivity contribution in [3.8, 4) is 5.69 Å². The van der Waals surface area contributed by atoms with E-state index in [1.54, 1.807) is 12.1 Å².